The Morgan fingerprint density at radius 3 is 0.762 bits per heavy atom. The molecule has 0 heterocycles. The molecule has 0 aliphatic carbocycles. The largest absolute Gasteiger partial charge is 0.0826 e. The Balaban J connectivity index is -0.000000295. The highest BCUT2D eigenvalue weighted by Gasteiger charge is 2.16. The van der Waals surface area contributed by atoms with Gasteiger partial charge >= 0.3 is 0 Å². The maximum atomic E-state index is 2.30. The molecule has 0 amide bonds. The fourth-order valence-corrected chi connectivity index (χ4v) is 1.25. The highest BCUT2D eigenvalue weighted by Crippen LogP contribution is 2.29. The van der Waals surface area contributed by atoms with Gasteiger partial charge in [0.25, 0.3) is 0 Å². The summed E-state index contributed by atoms with van der Waals surface area (Å²) in [5.41, 5.74) is 1.67. The molecular formula is C21H46. The van der Waals surface area contributed by atoms with E-state index in [1.54, 1.807) is 0 Å². The predicted octanol–water partition coefficient (Wildman–Crippen LogP) is 8.13. The molecule has 0 aromatic carbocycles. The van der Waals surface area contributed by atoms with Crippen molar-refractivity contribution in [3.63, 3.8) is 0 Å². The number of hydrogen-bond acceptors (Lipinski definition) is 0. The van der Waals surface area contributed by atoms with Gasteiger partial charge in [-0.15, -0.1) is 0 Å². The molecule has 0 saturated carbocycles. The van der Waals surface area contributed by atoms with E-state index in [-0.39, 0.29) is 7.43 Å². The Labute approximate surface area is 137 Å². The van der Waals surface area contributed by atoms with Crippen LogP contribution in [0.1, 0.15) is 103 Å². The second-order valence-electron chi connectivity index (χ2n) is 10.7. The van der Waals surface area contributed by atoms with Crippen LogP contribution in [-0.4, -0.2) is 0 Å². The van der Waals surface area contributed by atoms with Gasteiger partial charge in [-0.25, -0.2) is 0 Å². The summed E-state index contributed by atoms with van der Waals surface area (Å²) in [6, 6.07) is 0. The fraction of sp³-hybridized carbons (Fsp3) is 0.905. The Morgan fingerprint density at radius 2 is 0.667 bits per heavy atom. The average Bonchev–Trinajstić information content (AvgIpc) is 2.09. The molecule has 0 heteroatoms. The van der Waals surface area contributed by atoms with E-state index in [1.807, 2.05) is 0 Å². The van der Waals surface area contributed by atoms with Crippen LogP contribution >= 0.6 is 0 Å². The molecule has 0 atom stereocenters. The summed E-state index contributed by atoms with van der Waals surface area (Å²) in [4.78, 5) is 0. The Bertz CT molecular complexity index is 235. The molecule has 0 saturated heterocycles. The first kappa shape index (κ1) is 25.7. The predicted molar refractivity (Wildman–Crippen MR) is 103 cm³/mol. The van der Waals surface area contributed by atoms with Gasteiger partial charge < -0.3 is 0 Å². The van der Waals surface area contributed by atoms with Crippen molar-refractivity contribution in [1.29, 1.82) is 0 Å². The summed E-state index contributed by atoms with van der Waals surface area (Å²) in [6.07, 6.45) is 7.20. The maximum absolute atomic E-state index is 2.30. The third kappa shape index (κ3) is 32.9. The normalized spacial score (nSPS) is 13.5. The van der Waals surface area contributed by atoms with Gasteiger partial charge in [-0.05, 0) is 34.5 Å². The molecular weight excluding hydrogens is 252 g/mol. The molecule has 0 aromatic rings. The minimum Gasteiger partial charge on any atom is -0.0826 e. The first-order valence-corrected chi connectivity index (χ1v) is 8.12. The van der Waals surface area contributed by atoms with E-state index in [2.05, 4.69) is 95.2 Å². The van der Waals surface area contributed by atoms with Crippen LogP contribution in [0.25, 0.3) is 0 Å². The van der Waals surface area contributed by atoms with E-state index in [0.29, 0.717) is 21.7 Å². The van der Waals surface area contributed by atoms with Gasteiger partial charge in [0.05, 0.1) is 0 Å². The second kappa shape index (κ2) is 9.01. The monoisotopic (exact) mass is 298 g/mol. The second-order valence-corrected chi connectivity index (χ2v) is 10.7. The van der Waals surface area contributed by atoms with Crippen LogP contribution in [0.5, 0.6) is 0 Å². The first-order valence-electron chi connectivity index (χ1n) is 8.12. The van der Waals surface area contributed by atoms with E-state index in [9.17, 15) is 0 Å². The summed E-state index contributed by atoms with van der Waals surface area (Å²) < 4.78 is 0. The van der Waals surface area contributed by atoms with Crippen LogP contribution in [0, 0.1) is 21.7 Å². The zero-order valence-electron chi connectivity index (χ0n) is 16.6. The number of hydrogen-bond donors (Lipinski definition) is 0. The van der Waals surface area contributed by atoms with Gasteiger partial charge in [-0.3, -0.25) is 0 Å². The van der Waals surface area contributed by atoms with Crippen LogP contribution in [-0.2, 0) is 0 Å². The van der Waals surface area contributed by atoms with Crippen LogP contribution in [0.4, 0.5) is 0 Å². The van der Waals surface area contributed by atoms with Crippen molar-refractivity contribution >= 4 is 0 Å². The standard InChI is InChI=1S/C10H22.C10H20.CH4/c2*1-9(2,3)7-8-10(4,5)6;/h7-8H2,1-6H3;7-8H,1-6H3;1H4/b;8-7-;. The summed E-state index contributed by atoms with van der Waals surface area (Å²) in [6.45, 7) is 27.1. The topological polar surface area (TPSA) is 0 Å². The molecule has 0 unspecified atom stereocenters. The number of allylic oxidation sites excluding steroid dienone is 2. The van der Waals surface area contributed by atoms with Crippen molar-refractivity contribution < 1.29 is 0 Å². The van der Waals surface area contributed by atoms with Gasteiger partial charge in [0.2, 0.25) is 0 Å². The average molecular weight is 299 g/mol. The van der Waals surface area contributed by atoms with E-state index in [1.165, 1.54) is 12.8 Å². The zero-order chi connectivity index (χ0) is 16.8. The van der Waals surface area contributed by atoms with Crippen molar-refractivity contribution in [2.45, 2.75) is 103 Å². The minimum atomic E-state index is 0. The number of rotatable bonds is 1. The third-order valence-corrected chi connectivity index (χ3v) is 2.71. The molecule has 21 heavy (non-hydrogen) atoms. The summed E-state index contributed by atoms with van der Waals surface area (Å²) in [7, 11) is 0. The lowest BCUT2D eigenvalue weighted by atomic mass is 9.81. The van der Waals surface area contributed by atoms with Gasteiger partial charge in [0.1, 0.15) is 0 Å². The zero-order valence-corrected chi connectivity index (χ0v) is 16.6. The van der Waals surface area contributed by atoms with Crippen molar-refractivity contribution in [1.82, 2.24) is 0 Å². The van der Waals surface area contributed by atoms with Crippen molar-refractivity contribution in [2.75, 3.05) is 0 Å². The van der Waals surface area contributed by atoms with Crippen LogP contribution in [0.3, 0.4) is 0 Å². The minimum absolute atomic E-state index is 0. The van der Waals surface area contributed by atoms with Gasteiger partial charge in [-0.2, -0.15) is 0 Å². The molecule has 0 aromatic heterocycles. The molecule has 0 N–H and O–H groups in total. The lowest BCUT2D eigenvalue weighted by molar-refractivity contribution is 0.275. The first-order chi connectivity index (χ1) is 8.41. The molecule has 0 aliphatic rings. The Kier molecular flexibility index (Phi) is 11.0. The van der Waals surface area contributed by atoms with Gasteiger partial charge in [0, 0.05) is 0 Å². The smallest absolute Gasteiger partial charge is 0.0203 e. The van der Waals surface area contributed by atoms with Crippen LogP contribution in [0.15, 0.2) is 12.2 Å². The Hall–Kier alpha value is -0.260. The molecule has 0 aliphatic heterocycles. The molecule has 0 bridgehead atoms. The van der Waals surface area contributed by atoms with E-state index in [4.69, 9.17) is 0 Å². The summed E-state index contributed by atoms with van der Waals surface area (Å²) in [5, 5.41) is 0. The highest BCUT2D eigenvalue weighted by molar-refractivity contribution is 4.98. The quantitative estimate of drug-likeness (QED) is 0.429. The molecule has 0 fully saturated rings. The summed E-state index contributed by atoms with van der Waals surface area (Å²) in [5.74, 6) is 0. The summed E-state index contributed by atoms with van der Waals surface area (Å²) >= 11 is 0. The van der Waals surface area contributed by atoms with E-state index in [0.717, 1.165) is 0 Å². The third-order valence-electron chi connectivity index (χ3n) is 2.71. The SMILES string of the molecule is C.CC(C)(C)/C=C\C(C)(C)C.CC(C)(C)CCC(C)(C)C. The van der Waals surface area contributed by atoms with E-state index >= 15 is 0 Å². The fourth-order valence-electron chi connectivity index (χ4n) is 1.25. The van der Waals surface area contributed by atoms with Crippen LogP contribution < -0.4 is 0 Å². The molecule has 130 valence electrons. The molecule has 0 nitrogen and oxygen atoms in total. The molecule has 0 rings (SSSR count). The molecule has 0 radical (unpaired) electrons. The lowest BCUT2D eigenvalue weighted by Crippen LogP contribution is -2.12. The lowest BCUT2D eigenvalue weighted by Gasteiger charge is -2.24. The van der Waals surface area contributed by atoms with Crippen molar-refractivity contribution in [3.8, 4) is 0 Å². The van der Waals surface area contributed by atoms with Gasteiger partial charge in [-0.1, -0.05) is 103 Å². The Morgan fingerprint density at radius 1 is 0.476 bits per heavy atom. The molecule has 0 spiro atoms. The van der Waals surface area contributed by atoms with Gasteiger partial charge in [0.15, 0.2) is 0 Å². The van der Waals surface area contributed by atoms with Crippen molar-refractivity contribution in [2.24, 2.45) is 21.7 Å². The van der Waals surface area contributed by atoms with Crippen molar-refractivity contribution in [3.05, 3.63) is 12.2 Å². The highest BCUT2D eigenvalue weighted by atomic mass is 14.2. The maximum Gasteiger partial charge on any atom is -0.0203 e. The van der Waals surface area contributed by atoms with E-state index < -0.39 is 0 Å². The van der Waals surface area contributed by atoms with Crippen LogP contribution in [0.2, 0.25) is 0 Å².